The largest absolute Gasteiger partial charge is 0.465 e. The zero-order chi connectivity index (χ0) is 23.9. The number of anilines is 1. The van der Waals surface area contributed by atoms with Gasteiger partial charge >= 0.3 is 5.97 Å². The normalized spacial score (nSPS) is 11.9. The van der Waals surface area contributed by atoms with Crippen LogP contribution in [0.1, 0.15) is 19.4 Å². The average molecular weight is 461 g/mol. The third-order valence-corrected chi connectivity index (χ3v) is 5.52. The smallest absolute Gasteiger partial charge is 0.319 e. The van der Waals surface area contributed by atoms with Crippen LogP contribution in [0.4, 0.5) is 5.82 Å². The molecule has 4 rings (SSSR count). The van der Waals surface area contributed by atoms with Crippen molar-refractivity contribution in [2.75, 3.05) is 18.5 Å². The molecule has 0 aliphatic rings. The van der Waals surface area contributed by atoms with Gasteiger partial charge in [-0.05, 0) is 44.0 Å². The number of aromatic amines is 1. The van der Waals surface area contributed by atoms with Gasteiger partial charge in [-0.15, -0.1) is 0 Å². The van der Waals surface area contributed by atoms with E-state index < -0.39 is 12.0 Å². The Balaban J connectivity index is 1.56. The molecule has 1 aromatic carbocycles. The highest BCUT2D eigenvalue weighted by Gasteiger charge is 2.23. The Labute approximate surface area is 197 Å². The fourth-order valence-corrected chi connectivity index (χ4v) is 3.83. The zero-order valence-electron chi connectivity index (χ0n) is 19.2. The van der Waals surface area contributed by atoms with Crippen LogP contribution >= 0.6 is 0 Å². The highest BCUT2D eigenvalue weighted by molar-refractivity contribution is 5.95. The Morgan fingerprint density at radius 1 is 1.15 bits per heavy atom. The van der Waals surface area contributed by atoms with Crippen LogP contribution in [-0.2, 0) is 27.3 Å². The summed E-state index contributed by atoms with van der Waals surface area (Å²) in [4.78, 5) is 32.6. The van der Waals surface area contributed by atoms with E-state index in [4.69, 9.17) is 4.74 Å². The van der Waals surface area contributed by atoms with Crippen LogP contribution in [0.2, 0.25) is 0 Å². The van der Waals surface area contributed by atoms with Crippen LogP contribution in [0.15, 0.2) is 61.1 Å². The number of hydrogen-bond donors (Lipinski definition) is 3. The first kappa shape index (κ1) is 23.2. The number of H-pyrrole nitrogens is 1. The molecule has 0 radical (unpaired) electrons. The van der Waals surface area contributed by atoms with E-state index in [0.717, 1.165) is 27.7 Å². The van der Waals surface area contributed by atoms with E-state index in [-0.39, 0.29) is 19.1 Å². The maximum atomic E-state index is 13.4. The summed E-state index contributed by atoms with van der Waals surface area (Å²) in [6, 6.07) is 12.8. The van der Waals surface area contributed by atoms with Gasteiger partial charge in [-0.3, -0.25) is 19.9 Å². The van der Waals surface area contributed by atoms with Gasteiger partial charge in [0.1, 0.15) is 5.82 Å². The zero-order valence-corrected chi connectivity index (χ0v) is 19.2. The molecule has 0 unspecified atom stereocenters. The van der Waals surface area contributed by atoms with Gasteiger partial charge in [0.15, 0.2) is 0 Å². The number of hydrogen-bond acceptors (Lipinski definition) is 6. The van der Waals surface area contributed by atoms with Crippen molar-refractivity contribution in [3.63, 3.8) is 0 Å². The number of para-hydroxylation sites is 1. The molecule has 0 saturated heterocycles. The van der Waals surface area contributed by atoms with Gasteiger partial charge in [0, 0.05) is 47.7 Å². The van der Waals surface area contributed by atoms with Gasteiger partial charge < -0.3 is 15.0 Å². The maximum Gasteiger partial charge on any atom is 0.319 e. The predicted molar refractivity (Wildman–Crippen MR) is 130 cm³/mol. The number of fused-ring (bicyclic) bond motifs is 1. The summed E-state index contributed by atoms with van der Waals surface area (Å²) in [5, 5.41) is 11.7. The van der Waals surface area contributed by atoms with Gasteiger partial charge in [0.05, 0.1) is 24.9 Å². The Morgan fingerprint density at radius 2 is 1.94 bits per heavy atom. The van der Waals surface area contributed by atoms with E-state index >= 15 is 0 Å². The van der Waals surface area contributed by atoms with Crippen molar-refractivity contribution in [2.24, 2.45) is 0 Å². The lowest BCUT2D eigenvalue weighted by Crippen LogP contribution is -2.44. The number of nitrogens with one attached hydrogen (secondary N) is 3. The van der Waals surface area contributed by atoms with Crippen LogP contribution in [0.3, 0.4) is 0 Å². The fourth-order valence-electron chi connectivity index (χ4n) is 3.83. The molecule has 0 saturated carbocycles. The van der Waals surface area contributed by atoms with E-state index in [2.05, 4.69) is 25.7 Å². The third kappa shape index (κ3) is 5.32. The molecular weight excluding hydrogens is 432 g/mol. The number of amides is 1. The molecule has 176 valence electrons. The predicted octanol–water partition coefficient (Wildman–Crippen LogP) is 3.15. The average Bonchev–Trinajstić information content (AvgIpc) is 3.46. The molecule has 4 aromatic rings. The van der Waals surface area contributed by atoms with Crippen molar-refractivity contribution in [1.29, 1.82) is 0 Å². The standard InChI is InChI=1S/C25H28N6O3/c1-3-31-23(14-21(30-31)17-9-11-26-12-10-17)29-25(33)22(28-16-24(32)34-4-2)13-18-15-27-20-8-6-5-7-19(18)20/h5-12,14-15,22,27-28H,3-4,13,16H2,1-2H3,(H,29,33)/t22-/m0/s1. The van der Waals surface area contributed by atoms with Gasteiger partial charge in [-0.25, -0.2) is 4.68 Å². The lowest BCUT2D eigenvalue weighted by Gasteiger charge is -2.18. The molecule has 3 heterocycles. The van der Waals surface area contributed by atoms with Gasteiger partial charge in [0.2, 0.25) is 5.91 Å². The van der Waals surface area contributed by atoms with Crippen LogP contribution in [-0.4, -0.2) is 50.8 Å². The van der Waals surface area contributed by atoms with Crippen LogP contribution in [0, 0.1) is 0 Å². The summed E-state index contributed by atoms with van der Waals surface area (Å²) in [5.74, 6) is -0.0792. The lowest BCUT2D eigenvalue weighted by molar-refractivity contribution is -0.142. The second kappa shape index (κ2) is 10.8. The lowest BCUT2D eigenvalue weighted by atomic mass is 10.0. The Kier molecular flexibility index (Phi) is 7.34. The van der Waals surface area contributed by atoms with E-state index in [1.54, 1.807) is 24.0 Å². The van der Waals surface area contributed by atoms with E-state index in [9.17, 15) is 9.59 Å². The minimum absolute atomic E-state index is 0.0659. The Morgan fingerprint density at radius 3 is 2.71 bits per heavy atom. The number of pyridine rings is 1. The Bertz CT molecular complexity index is 1260. The first-order chi connectivity index (χ1) is 16.6. The van der Waals surface area contributed by atoms with Crippen molar-refractivity contribution in [3.8, 4) is 11.3 Å². The van der Waals surface area contributed by atoms with Gasteiger partial charge in [0.25, 0.3) is 0 Å². The number of benzene rings is 1. The quantitative estimate of drug-likeness (QED) is 0.313. The molecule has 3 aromatic heterocycles. The van der Waals surface area contributed by atoms with Crippen LogP contribution in [0.25, 0.3) is 22.2 Å². The van der Waals surface area contributed by atoms with Crippen molar-refractivity contribution >= 4 is 28.6 Å². The highest BCUT2D eigenvalue weighted by Crippen LogP contribution is 2.23. The second-order valence-electron chi connectivity index (χ2n) is 7.76. The Hall–Kier alpha value is -3.98. The summed E-state index contributed by atoms with van der Waals surface area (Å²) in [7, 11) is 0. The summed E-state index contributed by atoms with van der Waals surface area (Å²) < 4.78 is 6.76. The highest BCUT2D eigenvalue weighted by atomic mass is 16.5. The monoisotopic (exact) mass is 460 g/mol. The number of nitrogens with zero attached hydrogens (tertiary/aromatic N) is 3. The third-order valence-electron chi connectivity index (χ3n) is 5.52. The number of aromatic nitrogens is 4. The maximum absolute atomic E-state index is 13.4. The number of ether oxygens (including phenoxy) is 1. The summed E-state index contributed by atoms with van der Waals surface area (Å²) in [6.45, 7) is 4.52. The van der Waals surface area contributed by atoms with Crippen LogP contribution in [0.5, 0.6) is 0 Å². The summed E-state index contributed by atoms with van der Waals surface area (Å²) in [6.07, 6.45) is 5.70. The molecule has 0 bridgehead atoms. The SMILES string of the molecule is CCOC(=O)CN[C@@H](Cc1c[nH]c2ccccc12)C(=O)Nc1cc(-c2ccncc2)nn1CC. The van der Waals surface area contributed by atoms with E-state index in [1.807, 2.05) is 55.6 Å². The molecule has 9 heteroatoms. The fraction of sp³-hybridized carbons (Fsp3) is 0.280. The van der Waals surface area contributed by atoms with Crippen LogP contribution < -0.4 is 10.6 Å². The minimum atomic E-state index is -0.659. The molecule has 3 N–H and O–H groups in total. The molecule has 9 nitrogen and oxygen atoms in total. The number of rotatable bonds is 10. The molecule has 0 aliphatic carbocycles. The van der Waals surface area contributed by atoms with Crippen molar-refractivity contribution in [3.05, 3.63) is 66.6 Å². The van der Waals surface area contributed by atoms with Gasteiger partial charge in [-0.2, -0.15) is 5.10 Å². The minimum Gasteiger partial charge on any atom is -0.465 e. The van der Waals surface area contributed by atoms with E-state index in [1.165, 1.54) is 0 Å². The molecule has 1 atom stereocenters. The first-order valence-electron chi connectivity index (χ1n) is 11.3. The van der Waals surface area contributed by atoms with Crippen molar-refractivity contribution in [2.45, 2.75) is 32.9 Å². The number of esters is 1. The number of carbonyl (C=O) groups is 2. The molecule has 0 spiro atoms. The second-order valence-corrected chi connectivity index (χ2v) is 7.76. The first-order valence-corrected chi connectivity index (χ1v) is 11.3. The topological polar surface area (TPSA) is 114 Å². The molecule has 1 amide bonds. The van der Waals surface area contributed by atoms with Crippen molar-refractivity contribution < 1.29 is 14.3 Å². The molecule has 34 heavy (non-hydrogen) atoms. The van der Waals surface area contributed by atoms with E-state index in [0.29, 0.717) is 18.8 Å². The van der Waals surface area contributed by atoms with Crippen molar-refractivity contribution in [1.82, 2.24) is 25.1 Å². The number of carbonyl (C=O) groups excluding carboxylic acids is 2. The summed E-state index contributed by atoms with van der Waals surface area (Å²) >= 11 is 0. The number of aryl methyl sites for hydroxylation is 1. The van der Waals surface area contributed by atoms with Gasteiger partial charge in [-0.1, -0.05) is 18.2 Å². The molecular formula is C25H28N6O3. The summed E-state index contributed by atoms with van der Waals surface area (Å²) in [5.41, 5.74) is 3.63. The molecule has 0 fully saturated rings. The molecule has 0 aliphatic heterocycles.